The Hall–Kier alpha value is -0.790. The number of aromatic nitrogens is 1. The second-order valence-corrected chi connectivity index (χ2v) is 3.10. The van der Waals surface area contributed by atoms with Crippen LogP contribution in [0.4, 0.5) is 0 Å². The molecule has 0 N–H and O–H groups in total. The van der Waals surface area contributed by atoms with Crippen LogP contribution in [0.5, 0.6) is 0 Å². The summed E-state index contributed by atoms with van der Waals surface area (Å²) in [5.41, 5.74) is 0.146. The normalized spacial score (nSPS) is 11.9. The van der Waals surface area contributed by atoms with Gasteiger partial charge in [0.1, 0.15) is 0 Å². The monoisotopic (exact) mass is 126 g/mol. The van der Waals surface area contributed by atoms with Crippen LogP contribution in [-0.4, -0.2) is 0 Å². The fourth-order valence-corrected chi connectivity index (χ4v) is 0.618. The minimum atomic E-state index is 0.146. The van der Waals surface area contributed by atoms with Crippen molar-refractivity contribution in [2.45, 2.75) is 26.3 Å². The maximum atomic E-state index is 4.90. The molecule has 0 saturated heterocycles. The van der Waals surface area contributed by atoms with Crippen LogP contribution in [0.25, 0.3) is 0 Å². The van der Waals surface area contributed by atoms with E-state index >= 15 is 0 Å². The first-order valence-corrected chi connectivity index (χ1v) is 3.04. The third kappa shape index (κ3) is 1.31. The minimum Gasteiger partial charge on any atom is -0.412 e. The maximum absolute atomic E-state index is 4.90. The van der Waals surface area contributed by atoms with Gasteiger partial charge in [0.25, 0.3) is 0 Å². The zero-order valence-electron chi connectivity index (χ0n) is 6.09. The molecular formula is C7H12NO+. The van der Waals surface area contributed by atoms with Crippen molar-refractivity contribution in [1.82, 2.24) is 0 Å². The molecule has 9 heavy (non-hydrogen) atoms. The Morgan fingerprint density at radius 3 is 2.22 bits per heavy atom. The molecule has 2 nitrogen and oxygen atoms in total. The largest absolute Gasteiger partial charge is 0.412 e. The summed E-state index contributed by atoms with van der Waals surface area (Å²) >= 11 is 0. The molecule has 1 aromatic heterocycles. The smallest absolute Gasteiger partial charge is 0.334 e. The van der Waals surface area contributed by atoms with Gasteiger partial charge in [0.05, 0.1) is 0 Å². The average Bonchev–Trinajstić information content (AvgIpc) is 2.08. The molecule has 0 fully saturated rings. The Labute approximate surface area is 55.1 Å². The second kappa shape index (κ2) is 1.87. The van der Waals surface area contributed by atoms with E-state index < -0.39 is 0 Å². The van der Waals surface area contributed by atoms with Crippen molar-refractivity contribution in [3.8, 4) is 0 Å². The second-order valence-electron chi connectivity index (χ2n) is 3.10. The van der Waals surface area contributed by atoms with Crippen LogP contribution in [-0.2, 0) is 5.54 Å². The lowest BCUT2D eigenvalue weighted by Crippen LogP contribution is -2.47. The molecule has 1 heterocycles. The molecule has 1 rings (SSSR count). The van der Waals surface area contributed by atoms with Crippen LogP contribution in [0.15, 0.2) is 23.3 Å². The highest BCUT2D eigenvalue weighted by Crippen LogP contribution is 2.01. The minimum absolute atomic E-state index is 0.146. The summed E-state index contributed by atoms with van der Waals surface area (Å²) in [4.78, 5) is 0. The van der Waals surface area contributed by atoms with Gasteiger partial charge in [-0.1, -0.05) is 0 Å². The first kappa shape index (κ1) is 6.33. The molecule has 0 radical (unpaired) electrons. The highest BCUT2D eigenvalue weighted by molar-refractivity contribution is 4.55. The molecule has 0 unspecified atom stereocenters. The summed E-state index contributed by atoms with van der Waals surface area (Å²) in [7, 11) is 0. The third-order valence-electron chi connectivity index (χ3n) is 1.25. The number of hydrogen-bond acceptors (Lipinski definition) is 1. The Morgan fingerprint density at radius 2 is 2.00 bits per heavy atom. The predicted octanol–water partition coefficient (Wildman–Crippen LogP) is 1.32. The quantitative estimate of drug-likeness (QED) is 0.479. The molecule has 0 aliphatic rings. The molecule has 0 aromatic carbocycles. The van der Waals surface area contributed by atoms with E-state index in [0.717, 1.165) is 0 Å². The lowest BCUT2D eigenvalue weighted by Gasteiger charge is -2.07. The molecule has 0 aliphatic carbocycles. The zero-order chi connectivity index (χ0) is 6.91. The number of nitrogens with zero attached hydrogens (tertiary/aromatic N) is 1. The lowest BCUT2D eigenvalue weighted by atomic mass is 10.1. The van der Waals surface area contributed by atoms with Crippen LogP contribution in [0, 0.1) is 0 Å². The van der Waals surface area contributed by atoms with Gasteiger partial charge in [0.2, 0.25) is 6.20 Å². The number of oxazole rings is 1. The van der Waals surface area contributed by atoms with E-state index in [-0.39, 0.29) is 5.54 Å². The van der Waals surface area contributed by atoms with Gasteiger partial charge in [-0.3, -0.25) is 0 Å². The van der Waals surface area contributed by atoms with Crippen LogP contribution in [0.1, 0.15) is 20.8 Å². The standard InChI is InChI=1S/C7H12NO/c1-7(2,3)8-4-5-9-6-8/h4-6H,1-3H3/q+1. The first-order chi connectivity index (χ1) is 4.11. The predicted molar refractivity (Wildman–Crippen MR) is 33.9 cm³/mol. The van der Waals surface area contributed by atoms with Crippen LogP contribution in [0.3, 0.4) is 0 Å². The summed E-state index contributed by atoms with van der Waals surface area (Å²) in [6.45, 7) is 6.38. The Morgan fingerprint density at radius 1 is 1.33 bits per heavy atom. The van der Waals surface area contributed by atoms with Gasteiger partial charge in [0, 0.05) is 20.8 Å². The maximum Gasteiger partial charge on any atom is 0.334 e. The van der Waals surface area contributed by atoms with Crippen molar-refractivity contribution in [3.63, 3.8) is 0 Å². The molecule has 0 bridgehead atoms. The SMILES string of the molecule is CC(C)(C)[n+]1ccoc1. The molecule has 0 aliphatic heterocycles. The van der Waals surface area contributed by atoms with Crippen LogP contribution < -0.4 is 4.57 Å². The summed E-state index contributed by atoms with van der Waals surface area (Å²) in [6, 6.07) is 0. The molecule has 0 spiro atoms. The van der Waals surface area contributed by atoms with Crippen molar-refractivity contribution in [2.24, 2.45) is 0 Å². The van der Waals surface area contributed by atoms with Crippen LogP contribution >= 0.6 is 0 Å². The lowest BCUT2D eigenvalue weighted by molar-refractivity contribution is -0.756. The first-order valence-electron chi connectivity index (χ1n) is 3.04. The number of hydrogen-bond donors (Lipinski definition) is 0. The third-order valence-corrected chi connectivity index (χ3v) is 1.25. The highest BCUT2D eigenvalue weighted by Gasteiger charge is 2.21. The van der Waals surface area contributed by atoms with Crippen LogP contribution in [0.2, 0.25) is 0 Å². The Bertz CT molecular complexity index is 171. The molecule has 0 amide bonds. The van der Waals surface area contributed by atoms with Crippen molar-refractivity contribution in [1.29, 1.82) is 0 Å². The topological polar surface area (TPSA) is 17.0 Å². The van der Waals surface area contributed by atoms with Gasteiger partial charge in [-0.2, -0.15) is 4.57 Å². The van der Waals surface area contributed by atoms with Crippen molar-refractivity contribution < 1.29 is 8.98 Å². The van der Waals surface area contributed by atoms with E-state index in [1.54, 1.807) is 12.7 Å². The fourth-order valence-electron chi connectivity index (χ4n) is 0.618. The molecule has 2 heteroatoms. The zero-order valence-corrected chi connectivity index (χ0v) is 6.09. The van der Waals surface area contributed by atoms with Gasteiger partial charge >= 0.3 is 6.39 Å². The van der Waals surface area contributed by atoms with Gasteiger partial charge in [0.15, 0.2) is 11.8 Å². The highest BCUT2D eigenvalue weighted by atomic mass is 16.3. The van der Waals surface area contributed by atoms with E-state index in [4.69, 9.17) is 4.42 Å². The van der Waals surface area contributed by atoms with Gasteiger partial charge in [-0.15, -0.1) is 0 Å². The molecular weight excluding hydrogens is 114 g/mol. The summed E-state index contributed by atoms with van der Waals surface area (Å²) in [5, 5.41) is 0. The van der Waals surface area contributed by atoms with E-state index in [9.17, 15) is 0 Å². The van der Waals surface area contributed by atoms with E-state index in [1.165, 1.54) is 0 Å². The van der Waals surface area contributed by atoms with E-state index in [0.29, 0.717) is 0 Å². The van der Waals surface area contributed by atoms with Crippen molar-refractivity contribution in [2.75, 3.05) is 0 Å². The summed E-state index contributed by atoms with van der Waals surface area (Å²) in [6.07, 6.45) is 5.30. The average molecular weight is 126 g/mol. The van der Waals surface area contributed by atoms with Gasteiger partial charge in [-0.05, 0) is 0 Å². The molecule has 0 atom stereocenters. The molecule has 1 aromatic rings. The Kier molecular flexibility index (Phi) is 1.31. The van der Waals surface area contributed by atoms with Gasteiger partial charge < -0.3 is 4.42 Å². The summed E-state index contributed by atoms with van der Waals surface area (Å²) in [5.74, 6) is 0. The van der Waals surface area contributed by atoms with Crippen molar-refractivity contribution >= 4 is 0 Å². The molecule has 0 saturated carbocycles. The number of rotatable bonds is 0. The van der Waals surface area contributed by atoms with E-state index in [1.807, 2.05) is 10.8 Å². The van der Waals surface area contributed by atoms with Crippen molar-refractivity contribution in [3.05, 3.63) is 18.9 Å². The van der Waals surface area contributed by atoms with Gasteiger partial charge in [-0.25, -0.2) is 0 Å². The fraction of sp³-hybridized carbons (Fsp3) is 0.571. The molecule has 50 valence electrons. The van der Waals surface area contributed by atoms with E-state index in [2.05, 4.69) is 20.8 Å². The summed E-state index contributed by atoms with van der Waals surface area (Å²) < 4.78 is 6.92. The Balaban J connectivity index is 2.90.